The molecule has 3 N–H and O–H groups in total. The Morgan fingerprint density at radius 2 is 1.79 bits per heavy atom. The van der Waals surface area contributed by atoms with Gasteiger partial charge < -0.3 is 25.6 Å². The van der Waals surface area contributed by atoms with Crippen LogP contribution in [0.5, 0.6) is 5.75 Å². The number of hydrogen-bond donors (Lipinski definition) is 3. The van der Waals surface area contributed by atoms with Gasteiger partial charge in [-0.25, -0.2) is 8.78 Å². The van der Waals surface area contributed by atoms with E-state index in [1.54, 1.807) is 49.5 Å². The smallest absolute Gasteiger partial charge is 0.273 e. The van der Waals surface area contributed by atoms with Crippen molar-refractivity contribution in [2.75, 3.05) is 38.4 Å². The highest BCUT2D eigenvalue weighted by atomic mass is 19.3. The van der Waals surface area contributed by atoms with E-state index in [0.29, 0.717) is 41.1 Å². The quantitative estimate of drug-likeness (QED) is 0.299. The Morgan fingerprint density at radius 1 is 1.05 bits per heavy atom. The van der Waals surface area contributed by atoms with Crippen molar-refractivity contribution >= 4 is 34.9 Å². The van der Waals surface area contributed by atoms with Crippen LogP contribution in [0.1, 0.15) is 53.0 Å². The zero-order valence-electron chi connectivity index (χ0n) is 24.2. The van der Waals surface area contributed by atoms with Gasteiger partial charge in [0.25, 0.3) is 17.7 Å². The SMILES string of the molecule is CNC(=O)c1nnc(NC(=O)C2CC2)cc1Nc1cccc(-c2ccc(C(=O)N(C)C[C@@H]3CCCC3(F)F)cc2)c1OC. The molecule has 0 saturated heterocycles. The second kappa shape index (κ2) is 12.3. The maximum absolute atomic E-state index is 14.1. The van der Waals surface area contributed by atoms with E-state index in [-0.39, 0.29) is 42.2 Å². The number of methoxy groups -OCH3 is 1. The molecule has 5 rings (SSSR count). The fraction of sp³-hybridized carbons (Fsp3) is 0.387. The lowest BCUT2D eigenvalue weighted by Crippen LogP contribution is -2.37. The first-order valence-corrected chi connectivity index (χ1v) is 14.2. The molecule has 2 aliphatic carbocycles. The number of carbonyl (C=O) groups excluding carboxylic acids is 3. The molecule has 3 amide bonds. The van der Waals surface area contributed by atoms with Gasteiger partial charge in [0.15, 0.2) is 11.5 Å². The van der Waals surface area contributed by atoms with Crippen LogP contribution >= 0.6 is 0 Å². The van der Waals surface area contributed by atoms with Crippen LogP contribution in [0.2, 0.25) is 0 Å². The number of nitrogens with one attached hydrogen (secondary N) is 3. The molecule has 0 bridgehead atoms. The summed E-state index contributed by atoms with van der Waals surface area (Å²) in [5.41, 5.74) is 2.71. The molecule has 1 heterocycles. The summed E-state index contributed by atoms with van der Waals surface area (Å²) in [4.78, 5) is 39.2. The predicted molar refractivity (Wildman–Crippen MR) is 158 cm³/mol. The van der Waals surface area contributed by atoms with Crippen LogP contribution in [0.15, 0.2) is 48.5 Å². The third-order valence-corrected chi connectivity index (χ3v) is 7.87. The molecule has 2 aromatic carbocycles. The first-order chi connectivity index (χ1) is 20.6. The summed E-state index contributed by atoms with van der Waals surface area (Å²) in [6.07, 6.45) is 2.40. The Morgan fingerprint density at radius 3 is 2.42 bits per heavy atom. The van der Waals surface area contributed by atoms with E-state index in [4.69, 9.17) is 4.74 Å². The highest BCUT2D eigenvalue weighted by Crippen LogP contribution is 2.41. The fourth-order valence-electron chi connectivity index (χ4n) is 5.29. The summed E-state index contributed by atoms with van der Waals surface area (Å²) in [6, 6.07) is 13.8. The maximum atomic E-state index is 14.1. The van der Waals surface area contributed by atoms with Gasteiger partial charge in [0.05, 0.1) is 18.5 Å². The van der Waals surface area contributed by atoms with E-state index < -0.39 is 17.7 Å². The average Bonchev–Trinajstić information content (AvgIpc) is 3.81. The summed E-state index contributed by atoms with van der Waals surface area (Å²) in [6.45, 7) is 0.00298. The number of halogens is 2. The van der Waals surface area contributed by atoms with Crippen LogP contribution < -0.4 is 20.7 Å². The first kappa shape index (κ1) is 29.9. The lowest BCUT2D eigenvalue weighted by Gasteiger charge is -2.25. The number of hydrogen-bond acceptors (Lipinski definition) is 7. The van der Waals surface area contributed by atoms with E-state index in [9.17, 15) is 23.2 Å². The van der Waals surface area contributed by atoms with Gasteiger partial charge in [0.1, 0.15) is 5.75 Å². The summed E-state index contributed by atoms with van der Waals surface area (Å²) < 4.78 is 34.0. The van der Waals surface area contributed by atoms with Crippen LogP contribution in [0.25, 0.3) is 11.1 Å². The number of ether oxygens (including phenoxy) is 1. The average molecular weight is 593 g/mol. The van der Waals surface area contributed by atoms with E-state index in [2.05, 4.69) is 26.1 Å². The van der Waals surface area contributed by atoms with Crippen molar-refractivity contribution in [3.8, 4) is 16.9 Å². The number of anilines is 3. The molecule has 3 aromatic rings. The van der Waals surface area contributed by atoms with Crippen molar-refractivity contribution in [3.05, 3.63) is 59.8 Å². The monoisotopic (exact) mass is 592 g/mol. The highest BCUT2D eigenvalue weighted by molar-refractivity contribution is 6.00. The van der Waals surface area contributed by atoms with Crippen molar-refractivity contribution in [2.24, 2.45) is 11.8 Å². The highest BCUT2D eigenvalue weighted by Gasteiger charge is 2.44. The second-order valence-electron chi connectivity index (χ2n) is 11.0. The van der Waals surface area contributed by atoms with Gasteiger partial charge in [0.2, 0.25) is 5.91 Å². The predicted octanol–water partition coefficient (Wildman–Crippen LogP) is 5.11. The molecular weight excluding hydrogens is 558 g/mol. The lowest BCUT2D eigenvalue weighted by atomic mass is 10.0. The zero-order chi connectivity index (χ0) is 30.7. The van der Waals surface area contributed by atoms with Crippen molar-refractivity contribution in [1.82, 2.24) is 20.4 Å². The minimum absolute atomic E-state index is 0.00298. The van der Waals surface area contributed by atoms with Crippen molar-refractivity contribution in [1.29, 1.82) is 0 Å². The van der Waals surface area contributed by atoms with Gasteiger partial charge in [-0.2, -0.15) is 0 Å². The van der Waals surface area contributed by atoms with Crippen LogP contribution in [0.4, 0.5) is 26.0 Å². The van der Waals surface area contributed by atoms with Gasteiger partial charge >= 0.3 is 0 Å². The Labute approximate surface area is 248 Å². The molecule has 43 heavy (non-hydrogen) atoms. The number of rotatable bonds is 10. The molecule has 2 saturated carbocycles. The number of para-hydroxylation sites is 1. The molecule has 0 aliphatic heterocycles. The van der Waals surface area contributed by atoms with Crippen LogP contribution in [0.3, 0.4) is 0 Å². The number of amides is 3. The third kappa shape index (κ3) is 6.58. The van der Waals surface area contributed by atoms with Gasteiger partial charge in [-0.15, -0.1) is 10.2 Å². The van der Waals surface area contributed by atoms with E-state index in [0.717, 1.165) is 18.4 Å². The first-order valence-electron chi connectivity index (χ1n) is 14.2. The molecule has 2 fully saturated rings. The number of carbonyl (C=O) groups is 3. The number of nitrogens with zero attached hydrogens (tertiary/aromatic N) is 3. The zero-order valence-corrected chi connectivity index (χ0v) is 24.2. The van der Waals surface area contributed by atoms with Crippen molar-refractivity contribution in [2.45, 2.75) is 38.0 Å². The molecule has 10 nitrogen and oxygen atoms in total. The molecule has 0 unspecified atom stereocenters. The maximum Gasteiger partial charge on any atom is 0.273 e. The summed E-state index contributed by atoms with van der Waals surface area (Å²) >= 11 is 0. The molecule has 0 spiro atoms. The molecule has 1 aromatic heterocycles. The Kier molecular flexibility index (Phi) is 8.56. The topological polar surface area (TPSA) is 126 Å². The van der Waals surface area contributed by atoms with Gasteiger partial charge in [-0.05, 0) is 49.4 Å². The molecule has 0 radical (unpaired) electrons. The Bertz CT molecular complexity index is 1530. The standard InChI is InChI=1S/C31H34F2N6O4/c1-34-29(41)26-24(16-25(37-38-26)36-28(40)19-11-12-19)35-23-8-4-7-22(27(23)43-3)18-9-13-20(14-10-18)30(42)39(2)17-21-6-5-15-31(21,32)33/h4,7-10,13-14,16,19,21H,5-6,11-12,15,17H2,1-3H3,(H,34,41)(H2,35,36,37,40)/t21-/m0/s1. The molecule has 226 valence electrons. The van der Waals surface area contributed by atoms with Crippen molar-refractivity contribution in [3.63, 3.8) is 0 Å². The van der Waals surface area contributed by atoms with Crippen LogP contribution in [0, 0.1) is 11.8 Å². The molecule has 1 atom stereocenters. The summed E-state index contributed by atoms with van der Waals surface area (Å²) in [5, 5.41) is 16.5. The van der Waals surface area contributed by atoms with Crippen LogP contribution in [-0.2, 0) is 4.79 Å². The molecule has 2 aliphatic rings. The van der Waals surface area contributed by atoms with Gasteiger partial charge in [0, 0.05) is 56.1 Å². The number of aromatic nitrogens is 2. The largest absolute Gasteiger partial charge is 0.494 e. The summed E-state index contributed by atoms with van der Waals surface area (Å²) in [7, 11) is 4.54. The van der Waals surface area contributed by atoms with E-state index in [1.165, 1.54) is 19.1 Å². The minimum Gasteiger partial charge on any atom is -0.494 e. The number of alkyl halides is 2. The molecule has 12 heteroatoms. The van der Waals surface area contributed by atoms with Crippen molar-refractivity contribution < 1.29 is 27.9 Å². The van der Waals surface area contributed by atoms with E-state index in [1.807, 2.05) is 6.07 Å². The lowest BCUT2D eigenvalue weighted by molar-refractivity contribution is -0.117. The summed E-state index contributed by atoms with van der Waals surface area (Å²) in [5.74, 6) is -3.86. The van der Waals surface area contributed by atoms with Gasteiger partial charge in [-0.1, -0.05) is 24.3 Å². The Balaban J connectivity index is 1.38. The normalized spacial score (nSPS) is 17.2. The Hall–Kier alpha value is -4.61. The van der Waals surface area contributed by atoms with E-state index >= 15 is 0 Å². The second-order valence-corrected chi connectivity index (χ2v) is 11.0. The fourth-order valence-corrected chi connectivity index (χ4v) is 5.29. The van der Waals surface area contributed by atoms with Crippen LogP contribution in [-0.4, -0.2) is 66.5 Å². The molecular formula is C31H34F2N6O4. The van der Waals surface area contributed by atoms with Gasteiger partial charge in [-0.3, -0.25) is 14.4 Å². The third-order valence-electron chi connectivity index (χ3n) is 7.87. The minimum atomic E-state index is -2.74. The number of benzene rings is 2.